The number of carbonyl (C=O) groups excluding carboxylic acids is 2. The molecule has 2 aromatic carbocycles. The molecule has 0 spiro atoms. The number of aryl methyl sites for hydroxylation is 1. The van der Waals surface area contributed by atoms with Gasteiger partial charge in [-0.1, -0.05) is 24.6 Å². The summed E-state index contributed by atoms with van der Waals surface area (Å²) in [5.41, 5.74) is 6.02. The van der Waals surface area contributed by atoms with Crippen molar-refractivity contribution in [1.82, 2.24) is 15.6 Å². The van der Waals surface area contributed by atoms with Crippen molar-refractivity contribution < 1.29 is 18.0 Å². The molecule has 27 heavy (non-hydrogen) atoms. The van der Waals surface area contributed by atoms with E-state index in [4.69, 9.17) is 0 Å². The van der Waals surface area contributed by atoms with Crippen LogP contribution < -0.4 is 15.6 Å². The fraction of sp³-hybridized carbons (Fsp3) is 0.222. The fourth-order valence-corrected chi connectivity index (χ4v) is 3.82. The number of amides is 2. The van der Waals surface area contributed by atoms with Crippen LogP contribution in [0.5, 0.6) is 0 Å². The van der Waals surface area contributed by atoms with Crippen molar-refractivity contribution in [2.45, 2.75) is 23.6 Å². The van der Waals surface area contributed by atoms with Crippen LogP contribution in [-0.4, -0.2) is 32.5 Å². The van der Waals surface area contributed by atoms with Crippen LogP contribution in [-0.2, 0) is 14.8 Å². The summed E-state index contributed by atoms with van der Waals surface area (Å²) >= 11 is 1.36. The lowest BCUT2D eigenvalue weighted by Crippen LogP contribution is -2.42. The number of hydrazine groups is 1. The quantitative estimate of drug-likeness (QED) is 0.480. The van der Waals surface area contributed by atoms with Gasteiger partial charge in [0.05, 0.1) is 10.6 Å². The molecule has 3 N–H and O–H groups in total. The highest BCUT2D eigenvalue weighted by Crippen LogP contribution is 2.17. The highest BCUT2D eigenvalue weighted by Gasteiger charge is 2.14. The highest BCUT2D eigenvalue weighted by atomic mass is 32.2. The van der Waals surface area contributed by atoms with Crippen LogP contribution in [0.2, 0.25) is 0 Å². The zero-order chi connectivity index (χ0) is 19.9. The van der Waals surface area contributed by atoms with E-state index in [1.54, 1.807) is 6.92 Å². The van der Waals surface area contributed by atoms with E-state index < -0.39 is 15.9 Å². The van der Waals surface area contributed by atoms with E-state index >= 15 is 0 Å². The molecule has 144 valence electrons. The fourth-order valence-electron chi connectivity index (χ4n) is 2.08. The van der Waals surface area contributed by atoms with Crippen LogP contribution in [0.4, 0.5) is 0 Å². The minimum absolute atomic E-state index is 0.0689. The van der Waals surface area contributed by atoms with E-state index in [-0.39, 0.29) is 28.7 Å². The third-order valence-electron chi connectivity index (χ3n) is 3.47. The Morgan fingerprint density at radius 3 is 2.19 bits per heavy atom. The lowest BCUT2D eigenvalue weighted by molar-refractivity contribution is -0.119. The summed E-state index contributed by atoms with van der Waals surface area (Å²) in [4.78, 5) is 24.9. The molecule has 0 aliphatic carbocycles. The van der Waals surface area contributed by atoms with Crippen molar-refractivity contribution in [1.29, 1.82) is 0 Å². The van der Waals surface area contributed by atoms with Crippen LogP contribution in [0.1, 0.15) is 22.8 Å². The van der Waals surface area contributed by atoms with E-state index in [1.807, 2.05) is 31.2 Å². The largest absolute Gasteiger partial charge is 0.272 e. The Labute approximate surface area is 163 Å². The molecule has 0 aliphatic rings. The first-order chi connectivity index (χ1) is 12.8. The molecule has 0 saturated heterocycles. The second-order valence-corrected chi connectivity index (χ2v) is 8.45. The third-order valence-corrected chi connectivity index (χ3v) is 6.04. The van der Waals surface area contributed by atoms with Crippen molar-refractivity contribution in [2.24, 2.45) is 0 Å². The molecule has 0 aromatic heterocycles. The van der Waals surface area contributed by atoms with Gasteiger partial charge in [0.1, 0.15) is 0 Å². The number of thioether (sulfide) groups is 1. The predicted octanol–water partition coefficient (Wildman–Crippen LogP) is 1.85. The normalized spacial score (nSPS) is 11.0. The maximum Gasteiger partial charge on any atom is 0.269 e. The maximum absolute atomic E-state index is 12.0. The van der Waals surface area contributed by atoms with Gasteiger partial charge in [-0.15, -0.1) is 11.8 Å². The van der Waals surface area contributed by atoms with Crippen LogP contribution in [0.15, 0.2) is 58.3 Å². The number of benzene rings is 2. The molecule has 2 rings (SSSR count). The van der Waals surface area contributed by atoms with Crippen molar-refractivity contribution in [3.63, 3.8) is 0 Å². The maximum atomic E-state index is 12.0. The molecule has 0 heterocycles. The summed E-state index contributed by atoms with van der Waals surface area (Å²) in [5.74, 6) is -0.722. The first kappa shape index (κ1) is 20.9. The number of hydrogen-bond acceptors (Lipinski definition) is 5. The number of carbonyl (C=O) groups is 2. The van der Waals surface area contributed by atoms with E-state index in [0.29, 0.717) is 0 Å². The molecule has 2 amide bonds. The second-order valence-electron chi connectivity index (χ2n) is 5.63. The zero-order valence-electron chi connectivity index (χ0n) is 15.0. The first-order valence-corrected chi connectivity index (χ1v) is 10.7. The molecule has 0 radical (unpaired) electrons. The van der Waals surface area contributed by atoms with Gasteiger partial charge in [-0.05, 0) is 43.3 Å². The Bertz CT molecular complexity index is 895. The van der Waals surface area contributed by atoms with Crippen molar-refractivity contribution in [2.75, 3.05) is 12.3 Å². The Kier molecular flexibility index (Phi) is 7.40. The Hall–Kier alpha value is -2.36. The molecule has 0 saturated carbocycles. The van der Waals surface area contributed by atoms with Gasteiger partial charge in [0.25, 0.3) is 5.91 Å². The van der Waals surface area contributed by atoms with Crippen LogP contribution in [0, 0.1) is 6.92 Å². The Morgan fingerprint density at radius 1 is 0.963 bits per heavy atom. The molecule has 9 heteroatoms. The number of hydrogen-bond donors (Lipinski definition) is 3. The van der Waals surface area contributed by atoms with Crippen molar-refractivity contribution in [3.8, 4) is 0 Å². The third kappa shape index (κ3) is 6.38. The van der Waals surface area contributed by atoms with Crippen molar-refractivity contribution in [3.05, 3.63) is 59.7 Å². The summed E-state index contributed by atoms with van der Waals surface area (Å²) in [5, 5.41) is 0. The SMILES string of the molecule is CCNS(=O)(=O)c1ccc(C(=O)NNC(=O)CSc2ccc(C)cc2)cc1. The van der Waals surface area contributed by atoms with Crippen molar-refractivity contribution >= 4 is 33.6 Å². The number of sulfonamides is 1. The lowest BCUT2D eigenvalue weighted by atomic mass is 10.2. The van der Waals surface area contributed by atoms with E-state index in [0.717, 1.165) is 10.5 Å². The number of nitrogens with one attached hydrogen (secondary N) is 3. The van der Waals surface area contributed by atoms with Gasteiger partial charge < -0.3 is 0 Å². The molecule has 7 nitrogen and oxygen atoms in total. The summed E-state index contributed by atoms with van der Waals surface area (Å²) in [6.45, 7) is 3.94. The molecule has 0 fully saturated rings. The molecule has 0 aliphatic heterocycles. The standard InChI is InChI=1S/C18H21N3O4S2/c1-3-19-27(24,25)16-10-6-14(7-11-16)18(23)21-20-17(22)12-26-15-8-4-13(2)5-9-15/h4-11,19H,3,12H2,1-2H3,(H,20,22)(H,21,23). The zero-order valence-corrected chi connectivity index (χ0v) is 16.6. The summed E-state index contributed by atoms with van der Waals surface area (Å²) in [6, 6.07) is 13.2. The average Bonchev–Trinajstić information content (AvgIpc) is 2.65. The molecule has 0 atom stereocenters. The highest BCUT2D eigenvalue weighted by molar-refractivity contribution is 8.00. The van der Waals surface area contributed by atoms with Gasteiger partial charge in [0.15, 0.2) is 0 Å². The number of rotatable bonds is 7. The lowest BCUT2D eigenvalue weighted by Gasteiger charge is -2.08. The Morgan fingerprint density at radius 2 is 1.59 bits per heavy atom. The first-order valence-electron chi connectivity index (χ1n) is 8.20. The van der Waals surface area contributed by atoms with Gasteiger partial charge in [-0.25, -0.2) is 13.1 Å². The average molecular weight is 408 g/mol. The van der Waals surface area contributed by atoms with Crippen LogP contribution >= 0.6 is 11.8 Å². The second kappa shape index (κ2) is 9.54. The van der Waals surface area contributed by atoms with Gasteiger partial charge in [-0.3, -0.25) is 20.4 Å². The predicted molar refractivity (Wildman–Crippen MR) is 105 cm³/mol. The van der Waals surface area contributed by atoms with E-state index in [1.165, 1.54) is 36.0 Å². The molecular formula is C18H21N3O4S2. The smallest absolute Gasteiger partial charge is 0.269 e. The summed E-state index contributed by atoms with van der Waals surface area (Å²) in [7, 11) is -3.57. The molecule has 0 unspecified atom stereocenters. The summed E-state index contributed by atoms with van der Waals surface area (Å²) in [6.07, 6.45) is 0. The van der Waals surface area contributed by atoms with Gasteiger partial charge in [0.2, 0.25) is 15.9 Å². The van der Waals surface area contributed by atoms with Gasteiger partial charge in [0, 0.05) is 17.0 Å². The van der Waals surface area contributed by atoms with Gasteiger partial charge in [-0.2, -0.15) is 0 Å². The van der Waals surface area contributed by atoms with Crippen LogP contribution in [0.25, 0.3) is 0 Å². The van der Waals surface area contributed by atoms with Crippen LogP contribution in [0.3, 0.4) is 0 Å². The molecule has 2 aromatic rings. The molecule has 0 bridgehead atoms. The monoisotopic (exact) mass is 407 g/mol. The molecular weight excluding hydrogens is 386 g/mol. The van der Waals surface area contributed by atoms with E-state index in [2.05, 4.69) is 15.6 Å². The summed E-state index contributed by atoms with van der Waals surface area (Å²) < 4.78 is 26.1. The Balaban J connectivity index is 1.84. The van der Waals surface area contributed by atoms with E-state index in [9.17, 15) is 18.0 Å². The minimum atomic E-state index is -3.57. The van der Waals surface area contributed by atoms with Gasteiger partial charge >= 0.3 is 0 Å². The minimum Gasteiger partial charge on any atom is -0.272 e. The topological polar surface area (TPSA) is 104 Å².